The third-order valence-corrected chi connectivity index (χ3v) is 2.55. The average Bonchev–Trinajstić information content (AvgIpc) is 2.37. The van der Waals surface area contributed by atoms with Gasteiger partial charge in [0.1, 0.15) is 12.4 Å². The summed E-state index contributed by atoms with van der Waals surface area (Å²) in [7, 11) is 0. The van der Waals surface area contributed by atoms with Crippen molar-refractivity contribution in [2.75, 3.05) is 18.5 Å². The number of unbranched alkanes of at least 4 members (excludes halogenated alkanes) is 1. The lowest BCUT2D eigenvalue weighted by molar-refractivity contribution is -0.136. The Morgan fingerprint density at radius 1 is 1.40 bits per heavy atom. The van der Waals surface area contributed by atoms with Gasteiger partial charge in [0.2, 0.25) is 5.91 Å². The molecule has 0 heterocycles. The number of halogens is 1. The monoisotopic (exact) mass is 283 g/mol. The number of carboxylic acids is 1. The maximum absolute atomic E-state index is 13.6. The molecule has 1 aromatic carbocycles. The van der Waals surface area contributed by atoms with Gasteiger partial charge in [0.05, 0.1) is 6.42 Å². The second-order valence-corrected chi connectivity index (χ2v) is 4.33. The van der Waals surface area contributed by atoms with Gasteiger partial charge in [-0.2, -0.15) is 0 Å². The van der Waals surface area contributed by atoms with Crippen LogP contribution in [0.1, 0.15) is 25.3 Å². The van der Waals surface area contributed by atoms with E-state index in [1.807, 2.05) is 6.92 Å². The molecule has 2 N–H and O–H groups in total. The molecule has 5 nitrogen and oxygen atoms in total. The number of nitrogens with one attached hydrogen (secondary N) is 1. The molecule has 0 aliphatic carbocycles. The zero-order valence-electron chi connectivity index (χ0n) is 11.3. The Morgan fingerprint density at radius 2 is 2.15 bits per heavy atom. The molecule has 0 bridgehead atoms. The smallest absolute Gasteiger partial charge is 0.307 e. The fourth-order valence-electron chi connectivity index (χ4n) is 1.54. The minimum absolute atomic E-state index is 0.0784. The number of rotatable bonds is 8. The molecule has 0 aromatic heterocycles. The number of carbonyl (C=O) groups is 2. The van der Waals surface area contributed by atoms with E-state index in [1.54, 1.807) is 0 Å². The number of amides is 1. The van der Waals surface area contributed by atoms with Crippen LogP contribution in [0.15, 0.2) is 18.2 Å². The Labute approximate surface area is 116 Å². The summed E-state index contributed by atoms with van der Waals surface area (Å²) in [6, 6.07) is 3.91. The number of hydrogen-bond donors (Lipinski definition) is 2. The molecule has 20 heavy (non-hydrogen) atoms. The van der Waals surface area contributed by atoms with Crippen LogP contribution in [0, 0.1) is 5.82 Å². The molecule has 1 rings (SSSR count). The Hall–Kier alpha value is -1.95. The highest BCUT2D eigenvalue weighted by Gasteiger charge is 2.09. The highest BCUT2D eigenvalue weighted by Crippen LogP contribution is 2.15. The van der Waals surface area contributed by atoms with Crippen LogP contribution in [0.25, 0.3) is 0 Å². The fourth-order valence-corrected chi connectivity index (χ4v) is 1.54. The van der Waals surface area contributed by atoms with Crippen LogP contribution in [0.3, 0.4) is 0 Å². The molecule has 0 saturated carbocycles. The minimum Gasteiger partial charge on any atom is -0.481 e. The summed E-state index contributed by atoms with van der Waals surface area (Å²) in [5.41, 5.74) is 0.357. The highest BCUT2D eigenvalue weighted by atomic mass is 19.1. The van der Waals surface area contributed by atoms with Crippen molar-refractivity contribution in [3.8, 4) is 0 Å². The summed E-state index contributed by atoms with van der Waals surface area (Å²) >= 11 is 0. The zero-order chi connectivity index (χ0) is 15.0. The number of ether oxygens (including phenoxy) is 1. The van der Waals surface area contributed by atoms with Gasteiger partial charge in [0.25, 0.3) is 0 Å². The van der Waals surface area contributed by atoms with E-state index >= 15 is 0 Å². The van der Waals surface area contributed by atoms with E-state index in [0.29, 0.717) is 6.61 Å². The summed E-state index contributed by atoms with van der Waals surface area (Å²) in [5.74, 6) is -2.13. The van der Waals surface area contributed by atoms with Crippen molar-refractivity contribution in [1.29, 1.82) is 0 Å². The van der Waals surface area contributed by atoms with Crippen molar-refractivity contribution in [2.24, 2.45) is 0 Å². The van der Waals surface area contributed by atoms with Crippen LogP contribution < -0.4 is 5.32 Å². The maximum Gasteiger partial charge on any atom is 0.307 e. The molecule has 6 heteroatoms. The van der Waals surface area contributed by atoms with Gasteiger partial charge in [-0.1, -0.05) is 19.4 Å². The van der Waals surface area contributed by atoms with Crippen LogP contribution >= 0.6 is 0 Å². The normalized spacial score (nSPS) is 10.3. The number of benzene rings is 1. The van der Waals surface area contributed by atoms with Crippen molar-refractivity contribution in [3.63, 3.8) is 0 Å². The molecule has 0 spiro atoms. The molecule has 0 atom stereocenters. The van der Waals surface area contributed by atoms with Crippen LogP contribution in [0.2, 0.25) is 0 Å². The summed E-state index contributed by atoms with van der Waals surface area (Å²) < 4.78 is 18.7. The first-order chi connectivity index (χ1) is 9.52. The molecule has 110 valence electrons. The van der Waals surface area contributed by atoms with E-state index < -0.39 is 11.8 Å². The largest absolute Gasteiger partial charge is 0.481 e. The predicted octanol–water partition coefficient (Wildman–Crippen LogP) is 2.21. The third kappa shape index (κ3) is 5.79. The lowest BCUT2D eigenvalue weighted by atomic mass is 10.1. The van der Waals surface area contributed by atoms with Gasteiger partial charge in [-0.15, -0.1) is 0 Å². The Bertz CT molecular complexity index is 476. The maximum atomic E-state index is 13.6. The Kier molecular flexibility index (Phi) is 6.66. The van der Waals surface area contributed by atoms with Gasteiger partial charge in [0, 0.05) is 12.3 Å². The van der Waals surface area contributed by atoms with Crippen molar-refractivity contribution < 1.29 is 23.8 Å². The Morgan fingerprint density at radius 3 is 2.75 bits per heavy atom. The minimum atomic E-state index is -1.11. The fraction of sp³-hybridized carbons (Fsp3) is 0.429. The molecule has 1 amide bonds. The van der Waals surface area contributed by atoms with E-state index in [0.717, 1.165) is 18.9 Å². The third-order valence-electron chi connectivity index (χ3n) is 2.55. The molecule has 0 radical (unpaired) electrons. The summed E-state index contributed by atoms with van der Waals surface area (Å²) in [6.45, 7) is 2.44. The van der Waals surface area contributed by atoms with Crippen molar-refractivity contribution in [3.05, 3.63) is 29.6 Å². The highest BCUT2D eigenvalue weighted by molar-refractivity contribution is 5.91. The van der Waals surface area contributed by atoms with Crippen LogP contribution in [0.4, 0.5) is 10.1 Å². The van der Waals surface area contributed by atoms with Crippen LogP contribution in [-0.2, 0) is 20.7 Å². The van der Waals surface area contributed by atoms with E-state index in [2.05, 4.69) is 5.32 Å². The van der Waals surface area contributed by atoms with E-state index in [4.69, 9.17) is 9.84 Å². The first kappa shape index (κ1) is 16.1. The van der Waals surface area contributed by atoms with Crippen molar-refractivity contribution in [2.45, 2.75) is 26.2 Å². The molecule has 1 aromatic rings. The molecule has 0 aliphatic heterocycles. The summed E-state index contributed by atoms with van der Waals surface area (Å²) in [5, 5.41) is 11.1. The molecule has 0 aliphatic rings. The van der Waals surface area contributed by atoms with Gasteiger partial charge in [0.15, 0.2) is 0 Å². The summed E-state index contributed by atoms with van der Waals surface area (Å²) in [4.78, 5) is 22.0. The van der Waals surface area contributed by atoms with Gasteiger partial charge in [-0.25, -0.2) is 4.39 Å². The van der Waals surface area contributed by atoms with Gasteiger partial charge in [-0.3, -0.25) is 9.59 Å². The number of carboxylic acid groups (broad SMARTS) is 1. The van der Waals surface area contributed by atoms with E-state index in [9.17, 15) is 14.0 Å². The molecule has 0 fully saturated rings. The van der Waals surface area contributed by atoms with Gasteiger partial charge >= 0.3 is 5.97 Å². The average molecular weight is 283 g/mol. The SMILES string of the molecule is CCCCOCC(=O)Nc1ccc(CC(=O)O)c(F)c1. The summed E-state index contributed by atoms with van der Waals surface area (Å²) in [6.07, 6.45) is 1.48. The number of hydrogen-bond acceptors (Lipinski definition) is 3. The predicted molar refractivity (Wildman–Crippen MR) is 72.1 cm³/mol. The first-order valence-corrected chi connectivity index (χ1v) is 6.40. The molecular weight excluding hydrogens is 265 g/mol. The quantitative estimate of drug-likeness (QED) is 0.717. The van der Waals surface area contributed by atoms with Gasteiger partial charge in [-0.05, 0) is 24.1 Å². The number of aliphatic carboxylic acids is 1. The number of carbonyl (C=O) groups excluding carboxylic acids is 1. The molecule has 0 unspecified atom stereocenters. The Balaban J connectivity index is 2.50. The second kappa shape index (κ2) is 8.27. The standard InChI is InChI=1S/C14H18FNO4/c1-2-3-6-20-9-13(17)16-11-5-4-10(7-14(18)19)12(15)8-11/h4-5,8H,2-3,6-7,9H2,1H3,(H,16,17)(H,18,19). The van der Waals surface area contributed by atoms with Gasteiger partial charge < -0.3 is 15.2 Å². The lowest BCUT2D eigenvalue weighted by Gasteiger charge is -2.07. The first-order valence-electron chi connectivity index (χ1n) is 6.40. The number of anilines is 1. The van der Waals surface area contributed by atoms with Crippen molar-refractivity contribution >= 4 is 17.6 Å². The van der Waals surface area contributed by atoms with E-state index in [-0.39, 0.29) is 30.2 Å². The lowest BCUT2D eigenvalue weighted by Crippen LogP contribution is -2.18. The zero-order valence-corrected chi connectivity index (χ0v) is 11.3. The van der Waals surface area contributed by atoms with E-state index in [1.165, 1.54) is 12.1 Å². The van der Waals surface area contributed by atoms with Crippen molar-refractivity contribution in [1.82, 2.24) is 0 Å². The second-order valence-electron chi connectivity index (χ2n) is 4.33. The molecular formula is C14H18FNO4. The van der Waals surface area contributed by atoms with Crippen LogP contribution in [-0.4, -0.2) is 30.2 Å². The molecule has 0 saturated heterocycles. The topological polar surface area (TPSA) is 75.6 Å². The van der Waals surface area contributed by atoms with Crippen LogP contribution in [0.5, 0.6) is 0 Å².